The summed E-state index contributed by atoms with van der Waals surface area (Å²) in [6.45, 7) is 5.60. The molecule has 0 unspecified atom stereocenters. The number of carbonyl (C=O) groups is 1. The van der Waals surface area contributed by atoms with Gasteiger partial charge in [-0.2, -0.15) is 0 Å². The van der Waals surface area contributed by atoms with Crippen molar-refractivity contribution >= 4 is 41.3 Å². The summed E-state index contributed by atoms with van der Waals surface area (Å²) in [6, 6.07) is 3.75. The predicted octanol–water partition coefficient (Wildman–Crippen LogP) is 2.55. The second-order valence-electron chi connectivity index (χ2n) is 3.27. The fourth-order valence-corrected chi connectivity index (χ4v) is 2.15. The van der Waals surface area contributed by atoms with Crippen molar-refractivity contribution in [2.24, 2.45) is 0 Å². The van der Waals surface area contributed by atoms with Crippen molar-refractivity contribution in [3.8, 4) is 0 Å². The molecule has 0 saturated heterocycles. The van der Waals surface area contributed by atoms with Crippen molar-refractivity contribution < 1.29 is 4.79 Å². The van der Waals surface area contributed by atoms with Crippen molar-refractivity contribution in [3.63, 3.8) is 0 Å². The van der Waals surface area contributed by atoms with E-state index < -0.39 is 0 Å². The van der Waals surface area contributed by atoms with Gasteiger partial charge >= 0.3 is 0 Å². The Morgan fingerprint density at radius 2 is 2.25 bits per heavy atom. The average Bonchev–Trinajstić information content (AvgIpc) is 2.62. The van der Waals surface area contributed by atoms with Crippen LogP contribution >= 0.6 is 35.3 Å². The maximum atomic E-state index is 11.6. The van der Waals surface area contributed by atoms with Crippen LogP contribution in [0.25, 0.3) is 0 Å². The molecular weight excluding hydrogens is 267 g/mol. The number of carbonyl (C=O) groups excluding carboxylic acids is 1. The first-order valence-corrected chi connectivity index (χ1v) is 6.09. The first kappa shape index (κ1) is 15.7. The molecule has 1 aromatic rings. The van der Waals surface area contributed by atoms with Gasteiger partial charge in [0.25, 0.3) is 5.91 Å². The molecule has 1 rings (SSSR count). The van der Waals surface area contributed by atoms with Crippen LogP contribution in [0.15, 0.2) is 12.1 Å². The van der Waals surface area contributed by atoms with Crippen molar-refractivity contribution in [2.75, 3.05) is 13.1 Å². The molecule has 2 N–H and O–H groups in total. The number of thiophene rings is 1. The molecule has 0 bridgehead atoms. The van der Waals surface area contributed by atoms with Gasteiger partial charge in [0.15, 0.2) is 0 Å². The second kappa shape index (κ2) is 7.90. The Bertz CT molecular complexity index is 330. The molecule has 1 aromatic heterocycles. The number of likely N-dealkylation sites (N-methyl/N-ethyl adjacent to an activating group) is 1. The fourth-order valence-electron chi connectivity index (χ4n) is 1.19. The normalized spacial score (nSPS) is 11.7. The number of hydrogen-bond donors (Lipinski definition) is 2. The third-order valence-electron chi connectivity index (χ3n) is 1.92. The average molecular weight is 283 g/mol. The molecular formula is C10H16Cl2N2OS. The lowest BCUT2D eigenvalue weighted by molar-refractivity contribution is 0.0954. The van der Waals surface area contributed by atoms with Crippen molar-refractivity contribution in [2.45, 2.75) is 19.9 Å². The maximum absolute atomic E-state index is 11.6. The Hall–Kier alpha value is -0.290. The summed E-state index contributed by atoms with van der Waals surface area (Å²) < 4.78 is 0.639. The third-order valence-corrected chi connectivity index (χ3v) is 3.15. The zero-order valence-electron chi connectivity index (χ0n) is 9.25. The summed E-state index contributed by atoms with van der Waals surface area (Å²) in [5, 5.41) is 6.07. The molecule has 0 radical (unpaired) electrons. The van der Waals surface area contributed by atoms with Crippen LogP contribution in [0, 0.1) is 0 Å². The monoisotopic (exact) mass is 282 g/mol. The molecule has 0 saturated carbocycles. The molecule has 0 aliphatic carbocycles. The van der Waals surface area contributed by atoms with Crippen molar-refractivity contribution in [3.05, 3.63) is 21.3 Å². The number of nitrogens with one attached hydrogen (secondary N) is 2. The second-order valence-corrected chi connectivity index (χ2v) is 4.99. The summed E-state index contributed by atoms with van der Waals surface area (Å²) in [5.74, 6) is -0.0587. The quantitative estimate of drug-likeness (QED) is 0.872. The van der Waals surface area contributed by atoms with Gasteiger partial charge in [-0.15, -0.1) is 23.7 Å². The van der Waals surface area contributed by atoms with Crippen LogP contribution in [0.5, 0.6) is 0 Å². The van der Waals surface area contributed by atoms with Gasteiger partial charge in [0, 0.05) is 12.6 Å². The van der Waals surface area contributed by atoms with Crippen LogP contribution in [0.1, 0.15) is 23.5 Å². The summed E-state index contributed by atoms with van der Waals surface area (Å²) in [4.78, 5) is 12.2. The molecule has 1 heterocycles. The van der Waals surface area contributed by atoms with E-state index in [1.807, 2.05) is 13.8 Å². The minimum absolute atomic E-state index is 0. The molecule has 1 atom stereocenters. The van der Waals surface area contributed by atoms with Gasteiger partial charge < -0.3 is 10.6 Å². The van der Waals surface area contributed by atoms with Crippen LogP contribution in [0.3, 0.4) is 0 Å². The van der Waals surface area contributed by atoms with E-state index in [2.05, 4.69) is 10.6 Å². The molecule has 16 heavy (non-hydrogen) atoms. The van der Waals surface area contributed by atoms with E-state index in [0.717, 1.165) is 6.54 Å². The van der Waals surface area contributed by atoms with Crippen molar-refractivity contribution in [1.82, 2.24) is 10.6 Å². The van der Waals surface area contributed by atoms with Crippen molar-refractivity contribution in [1.29, 1.82) is 0 Å². The van der Waals surface area contributed by atoms with Crippen LogP contribution in [0.4, 0.5) is 0 Å². The van der Waals surface area contributed by atoms with Gasteiger partial charge in [0.05, 0.1) is 9.21 Å². The zero-order chi connectivity index (χ0) is 11.3. The lowest BCUT2D eigenvalue weighted by Crippen LogP contribution is -2.38. The minimum Gasteiger partial charge on any atom is -0.350 e. The summed E-state index contributed by atoms with van der Waals surface area (Å²) >= 11 is 7.04. The highest BCUT2D eigenvalue weighted by Crippen LogP contribution is 2.20. The fraction of sp³-hybridized carbons (Fsp3) is 0.500. The number of hydrogen-bond acceptors (Lipinski definition) is 3. The standard InChI is InChI=1S/C10H15ClN2OS.ClH/c1-3-12-7(2)6-13-10(14)8-4-5-9(11)15-8;/h4-5,7,12H,3,6H2,1-2H3,(H,13,14);1H/t7-;/m1./s1. The maximum Gasteiger partial charge on any atom is 0.261 e. The number of halogens is 2. The predicted molar refractivity (Wildman–Crippen MR) is 72.0 cm³/mol. The van der Waals surface area contributed by atoms with Crippen LogP contribution in [0.2, 0.25) is 4.34 Å². The Balaban J connectivity index is 0.00000225. The highest BCUT2D eigenvalue weighted by atomic mass is 35.5. The van der Waals surface area contributed by atoms with Gasteiger partial charge in [-0.05, 0) is 25.6 Å². The van der Waals surface area contributed by atoms with E-state index in [0.29, 0.717) is 15.8 Å². The minimum atomic E-state index is -0.0587. The zero-order valence-corrected chi connectivity index (χ0v) is 11.6. The lowest BCUT2D eigenvalue weighted by Gasteiger charge is -2.12. The molecule has 0 aliphatic heterocycles. The number of rotatable bonds is 5. The first-order chi connectivity index (χ1) is 7.13. The van der Waals surface area contributed by atoms with Gasteiger partial charge in [0.2, 0.25) is 0 Å². The number of amides is 1. The van der Waals surface area contributed by atoms with E-state index in [4.69, 9.17) is 11.6 Å². The van der Waals surface area contributed by atoms with E-state index in [1.54, 1.807) is 12.1 Å². The Labute approximate surface area is 111 Å². The van der Waals surface area contributed by atoms with E-state index >= 15 is 0 Å². The molecule has 0 fully saturated rings. The smallest absolute Gasteiger partial charge is 0.261 e. The highest BCUT2D eigenvalue weighted by molar-refractivity contribution is 7.17. The summed E-state index contributed by atoms with van der Waals surface area (Å²) in [6.07, 6.45) is 0. The largest absolute Gasteiger partial charge is 0.350 e. The Kier molecular flexibility index (Phi) is 7.76. The van der Waals surface area contributed by atoms with Crippen LogP contribution in [-0.4, -0.2) is 25.0 Å². The molecule has 0 aliphatic rings. The SMILES string of the molecule is CCN[C@H](C)CNC(=O)c1ccc(Cl)s1.Cl. The molecule has 0 spiro atoms. The van der Waals surface area contributed by atoms with E-state index in [-0.39, 0.29) is 24.4 Å². The summed E-state index contributed by atoms with van der Waals surface area (Å²) in [7, 11) is 0. The van der Waals surface area contributed by atoms with Gasteiger partial charge in [-0.1, -0.05) is 18.5 Å². The highest BCUT2D eigenvalue weighted by Gasteiger charge is 2.09. The van der Waals surface area contributed by atoms with Crippen LogP contribution in [-0.2, 0) is 0 Å². The first-order valence-electron chi connectivity index (χ1n) is 4.90. The van der Waals surface area contributed by atoms with Crippen LogP contribution < -0.4 is 10.6 Å². The molecule has 3 nitrogen and oxygen atoms in total. The Morgan fingerprint density at radius 1 is 1.56 bits per heavy atom. The van der Waals surface area contributed by atoms with Gasteiger partial charge in [-0.3, -0.25) is 4.79 Å². The van der Waals surface area contributed by atoms with E-state index in [9.17, 15) is 4.79 Å². The molecule has 92 valence electrons. The van der Waals surface area contributed by atoms with Gasteiger partial charge in [-0.25, -0.2) is 0 Å². The molecule has 0 aromatic carbocycles. The lowest BCUT2D eigenvalue weighted by atomic mass is 10.3. The summed E-state index contributed by atoms with van der Waals surface area (Å²) in [5.41, 5.74) is 0. The Morgan fingerprint density at radius 3 is 2.75 bits per heavy atom. The topological polar surface area (TPSA) is 41.1 Å². The molecule has 1 amide bonds. The molecule has 6 heteroatoms. The van der Waals surface area contributed by atoms with Gasteiger partial charge in [0.1, 0.15) is 0 Å². The third kappa shape index (κ3) is 5.16. The van der Waals surface area contributed by atoms with E-state index in [1.165, 1.54) is 11.3 Å².